The van der Waals surface area contributed by atoms with E-state index in [1.54, 1.807) is 18.2 Å². The summed E-state index contributed by atoms with van der Waals surface area (Å²) in [6, 6.07) is 16.9. The lowest BCUT2D eigenvalue weighted by molar-refractivity contribution is -0.118. The second-order valence-electron chi connectivity index (χ2n) is 7.74. The van der Waals surface area contributed by atoms with Crippen molar-refractivity contribution < 1.29 is 9.53 Å². The van der Waals surface area contributed by atoms with Gasteiger partial charge in [-0.2, -0.15) is 0 Å². The summed E-state index contributed by atoms with van der Waals surface area (Å²) >= 11 is 1.40. The second-order valence-corrected chi connectivity index (χ2v) is 8.69. The highest BCUT2D eigenvalue weighted by atomic mass is 32.2. The SMILES string of the molecule is NC(=O)Cn1c(CSc2nnc(N3CCOCC3)n2-c2ccccc2)nc2ccccc2c1=O. The molecule has 0 atom stereocenters. The van der Waals surface area contributed by atoms with E-state index in [4.69, 9.17) is 10.5 Å². The zero-order valence-corrected chi connectivity index (χ0v) is 19.1. The van der Waals surface area contributed by atoms with Gasteiger partial charge < -0.3 is 15.4 Å². The monoisotopic (exact) mass is 477 g/mol. The molecule has 2 aromatic carbocycles. The molecule has 34 heavy (non-hydrogen) atoms. The first-order chi connectivity index (χ1) is 16.6. The van der Waals surface area contributed by atoms with Gasteiger partial charge >= 0.3 is 0 Å². The number of anilines is 1. The van der Waals surface area contributed by atoms with E-state index in [0.717, 1.165) is 24.7 Å². The van der Waals surface area contributed by atoms with Gasteiger partial charge in [-0.05, 0) is 24.3 Å². The average Bonchev–Trinajstić information content (AvgIpc) is 3.29. The van der Waals surface area contributed by atoms with Crippen molar-refractivity contribution in [3.05, 3.63) is 70.8 Å². The first-order valence-corrected chi connectivity index (χ1v) is 11.8. The molecule has 0 saturated carbocycles. The maximum atomic E-state index is 13.0. The van der Waals surface area contributed by atoms with Crippen LogP contribution >= 0.6 is 11.8 Å². The minimum atomic E-state index is -0.604. The lowest BCUT2D eigenvalue weighted by Gasteiger charge is -2.27. The number of morpholine rings is 1. The zero-order chi connectivity index (χ0) is 23.5. The molecule has 1 amide bonds. The van der Waals surface area contributed by atoms with Gasteiger partial charge in [0.2, 0.25) is 11.9 Å². The van der Waals surface area contributed by atoms with Crippen molar-refractivity contribution in [3.8, 4) is 5.69 Å². The molecule has 0 radical (unpaired) electrons. The number of carbonyl (C=O) groups is 1. The van der Waals surface area contributed by atoms with Gasteiger partial charge in [-0.15, -0.1) is 10.2 Å². The summed E-state index contributed by atoms with van der Waals surface area (Å²) in [5.41, 5.74) is 6.63. The lowest BCUT2D eigenvalue weighted by Crippen LogP contribution is -2.37. The van der Waals surface area contributed by atoms with Gasteiger partial charge in [0, 0.05) is 13.1 Å². The van der Waals surface area contributed by atoms with Gasteiger partial charge in [0.1, 0.15) is 12.4 Å². The van der Waals surface area contributed by atoms with E-state index in [1.807, 2.05) is 41.0 Å². The molecule has 2 aromatic heterocycles. The summed E-state index contributed by atoms with van der Waals surface area (Å²) in [4.78, 5) is 31.5. The highest BCUT2D eigenvalue weighted by Gasteiger charge is 2.22. The van der Waals surface area contributed by atoms with Crippen molar-refractivity contribution in [3.63, 3.8) is 0 Å². The molecular formula is C23H23N7O3S. The maximum Gasteiger partial charge on any atom is 0.261 e. The molecule has 10 nitrogen and oxygen atoms in total. The summed E-state index contributed by atoms with van der Waals surface area (Å²) in [6.45, 7) is 2.46. The van der Waals surface area contributed by atoms with E-state index < -0.39 is 5.91 Å². The van der Waals surface area contributed by atoms with Gasteiger partial charge in [-0.3, -0.25) is 18.7 Å². The Hall–Kier alpha value is -3.70. The number of fused-ring (bicyclic) bond motifs is 1. The van der Waals surface area contributed by atoms with Crippen LogP contribution in [0.5, 0.6) is 0 Å². The minimum Gasteiger partial charge on any atom is -0.378 e. The van der Waals surface area contributed by atoms with E-state index in [2.05, 4.69) is 20.1 Å². The number of nitrogens with zero attached hydrogens (tertiary/aromatic N) is 6. The predicted molar refractivity (Wildman–Crippen MR) is 129 cm³/mol. The van der Waals surface area contributed by atoms with E-state index in [-0.39, 0.29) is 12.1 Å². The Morgan fingerprint density at radius 2 is 1.76 bits per heavy atom. The Balaban J connectivity index is 1.53. The molecule has 0 bridgehead atoms. The molecule has 0 aliphatic carbocycles. The smallest absolute Gasteiger partial charge is 0.261 e. The third kappa shape index (κ3) is 4.39. The summed E-state index contributed by atoms with van der Waals surface area (Å²) in [5.74, 6) is 0.884. The summed E-state index contributed by atoms with van der Waals surface area (Å²) in [6.07, 6.45) is 0. The number of ether oxygens (including phenoxy) is 1. The Kier molecular flexibility index (Phi) is 6.28. The molecule has 0 unspecified atom stereocenters. The molecule has 1 fully saturated rings. The first-order valence-electron chi connectivity index (χ1n) is 10.8. The molecule has 1 aliphatic heterocycles. The number of aromatic nitrogens is 5. The predicted octanol–water partition coefficient (Wildman–Crippen LogP) is 1.59. The topological polar surface area (TPSA) is 121 Å². The van der Waals surface area contributed by atoms with Crippen LogP contribution in [-0.4, -0.2) is 56.5 Å². The van der Waals surface area contributed by atoms with Crippen molar-refractivity contribution >= 4 is 34.5 Å². The number of hydrogen-bond acceptors (Lipinski definition) is 8. The van der Waals surface area contributed by atoms with Crippen molar-refractivity contribution in [1.29, 1.82) is 0 Å². The highest BCUT2D eigenvalue weighted by Crippen LogP contribution is 2.29. The van der Waals surface area contributed by atoms with Crippen LogP contribution in [0.4, 0.5) is 5.95 Å². The largest absolute Gasteiger partial charge is 0.378 e. The summed E-state index contributed by atoms with van der Waals surface area (Å²) in [7, 11) is 0. The number of primary amides is 1. The second kappa shape index (κ2) is 9.65. The van der Waals surface area contributed by atoms with Crippen molar-refractivity contribution in [2.24, 2.45) is 5.73 Å². The van der Waals surface area contributed by atoms with E-state index >= 15 is 0 Å². The number of rotatable bonds is 7. The van der Waals surface area contributed by atoms with Gasteiger partial charge in [-0.1, -0.05) is 42.1 Å². The molecule has 11 heteroatoms. The van der Waals surface area contributed by atoms with Crippen LogP contribution in [0, 0.1) is 0 Å². The molecule has 174 valence electrons. The van der Waals surface area contributed by atoms with Crippen LogP contribution in [0.15, 0.2) is 64.5 Å². The van der Waals surface area contributed by atoms with Crippen LogP contribution < -0.4 is 16.2 Å². The van der Waals surface area contributed by atoms with Gasteiger partial charge in [0.05, 0.1) is 35.6 Å². The first kappa shape index (κ1) is 22.1. The van der Waals surface area contributed by atoms with Crippen molar-refractivity contribution in [1.82, 2.24) is 24.3 Å². The van der Waals surface area contributed by atoms with Gasteiger partial charge in [0.15, 0.2) is 5.16 Å². The fourth-order valence-corrected chi connectivity index (χ4v) is 4.79. The molecule has 3 heterocycles. The van der Waals surface area contributed by atoms with E-state index in [9.17, 15) is 9.59 Å². The quantitative estimate of drug-likeness (QED) is 0.399. The molecular weight excluding hydrogens is 454 g/mol. The van der Waals surface area contributed by atoms with Crippen molar-refractivity contribution in [2.45, 2.75) is 17.5 Å². The van der Waals surface area contributed by atoms with Crippen LogP contribution in [0.2, 0.25) is 0 Å². The number of amides is 1. The zero-order valence-electron chi connectivity index (χ0n) is 18.3. The van der Waals surface area contributed by atoms with E-state index in [0.29, 0.717) is 40.9 Å². The maximum absolute atomic E-state index is 13.0. The lowest BCUT2D eigenvalue weighted by atomic mass is 10.2. The average molecular weight is 478 g/mol. The van der Waals surface area contributed by atoms with Crippen LogP contribution in [0.1, 0.15) is 5.82 Å². The summed E-state index contributed by atoms with van der Waals surface area (Å²) < 4.78 is 8.82. The van der Waals surface area contributed by atoms with Crippen LogP contribution in [0.3, 0.4) is 0 Å². The molecule has 0 spiro atoms. The van der Waals surface area contributed by atoms with Crippen molar-refractivity contribution in [2.75, 3.05) is 31.2 Å². The van der Waals surface area contributed by atoms with Crippen LogP contribution in [-0.2, 0) is 21.8 Å². The fraction of sp³-hybridized carbons (Fsp3) is 0.261. The molecule has 2 N–H and O–H groups in total. The number of hydrogen-bond donors (Lipinski definition) is 1. The van der Waals surface area contributed by atoms with Gasteiger partial charge in [0.25, 0.3) is 5.56 Å². The highest BCUT2D eigenvalue weighted by molar-refractivity contribution is 7.98. The van der Waals surface area contributed by atoms with Gasteiger partial charge in [-0.25, -0.2) is 4.98 Å². The molecule has 1 aliphatic rings. The minimum absolute atomic E-state index is 0.239. The van der Waals surface area contributed by atoms with Crippen LogP contribution in [0.25, 0.3) is 16.6 Å². The number of nitrogens with two attached hydrogens (primary N) is 1. The summed E-state index contributed by atoms with van der Waals surface area (Å²) in [5, 5.41) is 10.0. The Labute approximate surface area is 199 Å². The normalized spacial score (nSPS) is 13.9. The Morgan fingerprint density at radius 3 is 2.53 bits per heavy atom. The Bertz CT molecular complexity index is 1380. The molecule has 4 aromatic rings. The molecule has 5 rings (SSSR count). The number of benzene rings is 2. The molecule has 1 saturated heterocycles. The Morgan fingerprint density at radius 1 is 1.03 bits per heavy atom. The number of para-hydroxylation sites is 2. The number of thioether (sulfide) groups is 1. The third-order valence-corrected chi connectivity index (χ3v) is 6.43. The number of carbonyl (C=O) groups excluding carboxylic acids is 1. The fourth-order valence-electron chi connectivity index (χ4n) is 3.90. The third-order valence-electron chi connectivity index (χ3n) is 5.51. The standard InChI is InChI=1S/C23H23N7O3S/c24-19(31)14-29-20(25-18-9-5-4-8-17(18)21(29)32)15-34-23-27-26-22(28-10-12-33-13-11-28)30(23)16-6-2-1-3-7-16/h1-9H,10-15H2,(H2,24,31). The van der Waals surface area contributed by atoms with E-state index in [1.165, 1.54) is 16.3 Å².